The Balaban J connectivity index is 1.35. The molecule has 236 valence electrons. The Morgan fingerprint density at radius 3 is 2.76 bits per heavy atom. The Labute approximate surface area is 267 Å². The number of benzene rings is 2. The van der Waals surface area contributed by atoms with E-state index in [0.717, 1.165) is 0 Å². The predicted octanol–water partition coefficient (Wildman–Crippen LogP) is 5.91. The number of halogens is 3. The van der Waals surface area contributed by atoms with Gasteiger partial charge in [-0.2, -0.15) is 0 Å². The lowest BCUT2D eigenvalue weighted by Crippen LogP contribution is -2.54. The van der Waals surface area contributed by atoms with Crippen LogP contribution >= 0.6 is 23.2 Å². The number of carbonyl (C=O) groups is 4. The quantitative estimate of drug-likeness (QED) is 0.297. The first kappa shape index (κ1) is 30.8. The van der Waals surface area contributed by atoms with E-state index < -0.39 is 29.4 Å². The van der Waals surface area contributed by atoms with Crippen molar-refractivity contribution in [3.63, 3.8) is 0 Å². The number of nitrogens with one attached hydrogen (secondary N) is 3. The van der Waals surface area contributed by atoms with Crippen molar-refractivity contribution in [3.8, 4) is 11.3 Å². The zero-order chi connectivity index (χ0) is 31.9. The van der Waals surface area contributed by atoms with Crippen LogP contribution in [0.1, 0.15) is 61.4 Å². The van der Waals surface area contributed by atoms with Gasteiger partial charge in [0.2, 0.25) is 11.8 Å². The molecule has 45 heavy (non-hydrogen) atoms. The van der Waals surface area contributed by atoms with E-state index in [1.54, 1.807) is 23.1 Å². The van der Waals surface area contributed by atoms with Crippen molar-refractivity contribution in [2.24, 2.45) is 0 Å². The lowest BCUT2D eigenvalue weighted by molar-refractivity contribution is -0.141. The van der Waals surface area contributed by atoms with Gasteiger partial charge in [0, 0.05) is 18.5 Å². The number of rotatable bonds is 3. The van der Waals surface area contributed by atoms with Gasteiger partial charge in [0.05, 0.1) is 48.0 Å². The minimum atomic E-state index is -1.42. The van der Waals surface area contributed by atoms with Gasteiger partial charge >= 0.3 is 12.1 Å². The topological polar surface area (TPSA) is 143 Å². The highest BCUT2D eigenvalue weighted by atomic mass is 35.5. The molecule has 0 radical (unpaired) electrons. The molecule has 1 spiro atoms. The largest absolute Gasteiger partial charge is 0.469 e. The predicted molar refractivity (Wildman–Crippen MR) is 164 cm³/mol. The molecular weight excluding hydrogens is 628 g/mol. The summed E-state index contributed by atoms with van der Waals surface area (Å²) >= 11 is 12.8. The molecule has 6 rings (SSSR count). The molecule has 1 fully saturated rings. The van der Waals surface area contributed by atoms with Crippen LogP contribution in [0.2, 0.25) is 10.2 Å². The molecule has 1 unspecified atom stereocenters. The van der Waals surface area contributed by atoms with Gasteiger partial charge in [0.25, 0.3) is 0 Å². The lowest BCUT2D eigenvalue weighted by atomic mass is 9.82. The van der Waals surface area contributed by atoms with Gasteiger partial charge in [-0.3, -0.25) is 19.7 Å². The number of hydrogen-bond acceptors (Lipinski definition) is 7. The van der Waals surface area contributed by atoms with Gasteiger partial charge in [-0.25, -0.2) is 14.2 Å². The summed E-state index contributed by atoms with van der Waals surface area (Å²) < 4.78 is 25.9. The standard InChI is InChI=1S/C31H30Cl2FN5O6/c1-44-23(41)14-16-7-8-17-21(13-16)35-22(40)6-3-2-5-18(28-37-26(17)27(33)38-28)29(42)39-12-4-11-31(15-39)24-20(36-30(43)45-31)10-9-19(32)25(24)34/h7-10,13,18H,2-6,11-12,14-15H2,1H3,(H,35,40)(H,36,43)(H,37,38)/t18?,31-/m0/s1. The van der Waals surface area contributed by atoms with E-state index in [9.17, 15) is 19.2 Å². The van der Waals surface area contributed by atoms with Crippen LogP contribution in [0.5, 0.6) is 0 Å². The van der Waals surface area contributed by atoms with Crippen LogP contribution < -0.4 is 10.6 Å². The first-order chi connectivity index (χ1) is 21.6. The number of fused-ring (bicyclic) bond motifs is 6. The minimum Gasteiger partial charge on any atom is -0.469 e. The smallest absolute Gasteiger partial charge is 0.412 e. The average molecular weight is 659 g/mol. The maximum atomic E-state index is 15.4. The van der Waals surface area contributed by atoms with E-state index in [4.69, 9.17) is 37.7 Å². The summed E-state index contributed by atoms with van der Waals surface area (Å²) in [6.07, 6.45) is 1.62. The molecule has 4 heterocycles. The van der Waals surface area contributed by atoms with E-state index in [0.29, 0.717) is 67.0 Å². The molecule has 3 amide bonds. The van der Waals surface area contributed by atoms with Gasteiger partial charge in [0.15, 0.2) is 11.4 Å². The van der Waals surface area contributed by atoms with Crippen LogP contribution in [0.4, 0.5) is 20.6 Å². The fourth-order valence-corrected chi connectivity index (χ4v) is 6.77. The molecule has 0 aliphatic carbocycles. The van der Waals surface area contributed by atoms with Crippen LogP contribution in [0.25, 0.3) is 11.3 Å². The van der Waals surface area contributed by atoms with E-state index in [2.05, 4.69) is 15.6 Å². The van der Waals surface area contributed by atoms with Crippen LogP contribution in [0.15, 0.2) is 30.3 Å². The van der Waals surface area contributed by atoms with Crippen LogP contribution in [0, 0.1) is 5.82 Å². The third-order valence-electron chi connectivity index (χ3n) is 8.48. The summed E-state index contributed by atoms with van der Waals surface area (Å²) in [6, 6.07) is 7.99. The number of carbonyl (C=O) groups excluding carboxylic acids is 4. The fourth-order valence-electron chi connectivity index (χ4n) is 6.37. The van der Waals surface area contributed by atoms with E-state index in [1.807, 2.05) is 0 Å². The van der Waals surface area contributed by atoms with Crippen molar-refractivity contribution in [3.05, 3.63) is 63.3 Å². The molecule has 1 aromatic heterocycles. The van der Waals surface area contributed by atoms with Gasteiger partial charge in [-0.1, -0.05) is 41.8 Å². The zero-order valence-corrected chi connectivity index (χ0v) is 25.8. The number of hydrogen-bond donors (Lipinski definition) is 3. The minimum absolute atomic E-state index is 0.0129. The van der Waals surface area contributed by atoms with Crippen LogP contribution in [0.3, 0.4) is 0 Å². The highest BCUT2D eigenvalue weighted by molar-refractivity contribution is 6.32. The highest BCUT2D eigenvalue weighted by Gasteiger charge is 2.49. The fraction of sp³-hybridized carbons (Fsp3) is 0.387. The Kier molecular flexibility index (Phi) is 8.45. The summed E-state index contributed by atoms with van der Waals surface area (Å²) in [4.78, 5) is 61.0. The second-order valence-electron chi connectivity index (χ2n) is 11.4. The number of anilines is 2. The third kappa shape index (κ3) is 5.96. The normalized spacial score (nSPS) is 21.3. The Hall–Kier alpha value is -4.16. The summed E-state index contributed by atoms with van der Waals surface area (Å²) in [5.74, 6) is -2.08. The number of aromatic nitrogens is 2. The molecule has 0 saturated carbocycles. The lowest BCUT2D eigenvalue weighted by Gasteiger charge is -2.45. The number of amides is 3. The molecule has 11 nitrogen and oxygen atoms in total. The maximum absolute atomic E-state index is 15.4. The van der Waals surface area contributed by atoms with Gasteiger partial charge in [-0.05, 0) is 49.4 Å². The molecule has 1 saturated heterocycles. The zero-order valence-electron chi connectivity index (χ0n) is 24.3. The number of piperidine rings is 1. The average Bonchev–Trinajstić information content (AvgIpc) is 3.38. The number of H-pyrrole nitrogens is 1. The van der Waals surface area contributed by atoms with Crippen molar-refractivity contribution >= 4 is 58.5 Å². The van der Waals surface area contributed by atoms with Crippen molar-refractivity contribution < 1.29 is 33.0 Å². The van der Waals surface area contributed by atoms with Crippen molar-refractivity contribution in [2.45, 2.75) is 56.5 Å². The molecule has 2 atom stereocenters. The first-order valence-corrected chi connectivity index (χ1v) is 15.4. The summed E-state index contributed by atoms with van der Waals surface area (Å²) in [7, 11) is 1.30. The monoisotopic (exact) mass is 657 g/mol. The van der Waals surface area contributed by atoms with E-state index in [-0.39, 0.29) is 52.6 Å². The van der Waals surface area contributed by atoms with Crippen LogP contribution in [-0.2, 0) is 35.9 Å². The van der Waals surface area contributed by atoms with Crippen molar-refractivity contribution in [1.82, 2.24) is 14.9 Å². The van der Waals surface area contributed by atoms with Crippen molar-refractivity contribution in [2.75, 3.05) is 30.8 Å². The number of methoxy groups -OCH3 is 1. The van der Waals surface area contributed by atoms with Gasteiger partial charge in [-0.15, -0.1) is 0 Å². The Morgan fingerprint density at radius 2 is 1.96 bits per heavy atom. The number of nitrogens with zero attached hydrogens (tertiary/aromatic N) is 2. The highest BCUT2D eigenvalue weighted by Crippen LogP contribution is 2.46. The van der Waals surface area contributed by atoms with E-state index in [1.165, 1.54) is 19.2 Å². The van der Waals surface area contributed by atoms with E-state index >= 15 is 4.39 Å². The molecular formula is C31H30Cl2FN5O6. The van der Waals surface area contributed by atoms with Crippen LogP contribution in [-0.4, -0.2) is 58.9 Å². The van der Waals surface area contributed by atoms with Crippen molar-refractivity contribution in [1.29, 1.82) is 0 Å². The summed E-state index contributed by atoms with van der Waals surface area (Å²) in [6.45, 7) is 0.282. The number of likely N-dealkylation sites (tertiary alicyclic amines) is 1. The Morgan fingerprint density at radius 1 is 1.13 bits per heavy atom. The molecule has 3 aromatic rings. The second kappa shape index (κ2) is 12.3. The summed E-state index contributed by atoms with van der Waals surface area (Å²) in [5.41, 5.74) is 0.846. The molecule has 3 aliphatic heterocycles. The number of esters is 1. The second-order valence-corrected chi connectivity index (χ2v) is 12.2. The molecule has 14 heteroatoms. The first-order valence-electron chi connectivity index (χ1n) is 14.6. The maximum Gasteiger partial charge on any atom is 0.412 e. The summed E-state index contributed by atoms with van der Waals surface area (Å²) in [5, 5.41) is 5.50. The van der Waals surface area contributed by atoms with Gasteiger partial charge in [0.1, 0.15) is 16.7 Å². The number of ether oxygens (including phenoxy) is 2. The SMILES string of the molecule is COC(=O)Cc1ccc2c(c1)NC(=O)CCCCC(C(=O)N1CCC[C@@]3(C1)OC(=O)Nc1ccc(Cl)c(F)c13)c1nc-2c(Cl)[nH]1. The Bertz CT molecular complexity index is 1710. The number of imidazole rings is 1. The third-order valence-corrected chi connectivity index (χ3v) is 9.05. The van der Waals surface area contributed by atoms with Gasteiger partial charge < -0.3 is 24.7 Å². The molecule has 3 aliphatic rings. The number of aromatic amines is 1. The molecule has 2 bridgehead atoms. The molecule has 2 aromatic carbocycles. The molecule has 3 N–H and O–H groups in total.